The minimum atomic E-state index is -3.47. The highest BCUT2D eigenvalue weighted by Gasteiger charge is 2.44. The number of benzene rings is 3. The summed E-state index contributed by atoms with van der Waals surface area (Å²) in [6.07, 6.45) is 2.23. The Labute approximate surface area is 214 Å². The largest absolute Gasteiger partial charge is 0.485 e. The number of amidine groups is 1. The highest BCUT2D eigenvalue weighted by Crippen LogP contribution is 2.44. The van der Waals surface area contributed by atoms with Crippen LogP contribution in [0.3, 0.4) is 0 Å². The Hall–Kier alpha value is -3.50. The second-order valence-electron chi connectivity index (χ2n) is 9.43. The van der Waals surface area contributed by atoms with E-state index < -0.39 is 33.1 Å². The zero-order valence-electron chi connectivity index (χ0n) is 20.2. The van der Waals surface area contributed by atoms with E-state index in [0.717, 1.165) is 11.8 Å². The minimum Gasteiger partial charge on any atom is -0.485 e. The van der Waals surface area contributed by atoms with Gasteiger partial charge in [-0.2, -0.15) is 0 Å². The van der Waals surface area contributed by atoms with Crippen molar-refractivity contribution in [3.05, 3.63) is 94.4 Å². The van der Waals surface area contributed by atoms with E-state index in [9.17, 15) is 17.7 Å². The summed E-state index contributed by atoms with van der Waals surface area (Å²) < 4.78 is 61.6. The summed E-state index contributed by atoms with van der Waals surface area (Å²) in [7, 11) is -3.47. The van der Waals surface area contributed by atoms with Crippen LogP contribution in [-0.4, -0.2) is 26.6 Å². The molecule has 194 valence electrons. The van der Waals surface area contributed by atoms with Crippen molar-refractivity contribution in [3.63, 3.8) is 0 Å². The molecule has 2 N–H and O–H groups in total. The molecule has 0 bridgehead atoms. The van der Waals surface area contributed by atoms with Crippen molar-refractivity contribution in [2.45, 2.75) is 38.3 Å². The Bertz CT molecular complexity index is 1420. The van der Waals surface area contributed by atoms with Gasteiger partial charge >= 0.3 is 0 Å². The number of para-hydroxylation sites is 1. The average Bonchev–Trinajstić information content (AvgIpc) is 3.26. The lowest BCUT2D eigenvalue weighted by Crippen LogP contribution is -2.35. The van der Waals surface area contributed by atoms with Gasteiger partial charge in [0.2, 0.25) is 10.0 Å². The Morgan fingerprint density at radius 1 is 1.05 bits per heavy atom. The molecule has 0 unspecified atom stereocenters. The van der Waals surface area contributed by atoms with Crippen molar-refractivity contribution < 1.29 is 21.9 Å². The molecule has 1 aliphatic carbocycles. The molecular formula is C27H27F2N3O4S. The van der Waals surface area contributed by atoms with Crippen molar-refractivity contribution in [3.8, 4) is 16.9 Å². The molecule has 0 amide bonds. The van der Waals surface area contributed by atoms with Crippen molar-refractivity contribution >= 4 is 15.9 Å². The number of nitrogens with one attached hydrogen (secondary N) is 2. The van der Waals surface area contributed by atoms with Crippen LogP contribution >= 0.6 is 0 Å². The first kappa shape index (κ1) is 26.6. The topological polar surface area (TPSA) is 109 Å². The first-order chi connectivity index (χ1) is 17.6. The molecule has 0 saturated heterocycles. The lowest BCUT2D eigenvalue weighted by Gasteiger charge is -2.27. The highest BCUT2D eigenvalue weighted by atomic mass is 32.2. The van der Waals surface area contributed by atoms with Gasteiger partial charge in [0.25, 0.3) is 0 Å². The molecule has 0 aromatic heterocycles. The summed E-state index contributed by atoms with van der Waals surface area (Å²) in [5.74, 6) is -1.68. The summed E-state index contributed by atoms with van der Waals surface area (Å²) in [5.41, 5.74) is 0.767. The monoisotopic (exact) mass is 527 g/mol. The Morgan fingerprint density at radius 2 is 1.81 bits per heavy atom. The lowest BCUT2D eigenvalue weighted by molar-refractivity contribution is 0.291. The molecule has 1 fully saturated rings. The van der Waals surface area contributed by atoms with Crippen LogP contribution in [-0.2, 0) is 23.1 Å². The molecule has 3 aromatic rings. The minimum absolute atomic E-state index is 0.0855. The van der Waals surface area contributed by atoms with Gasteiger partial charge in [-0.1, -0.05) is 48.5 Å². The van der Waals surface area contributed by atoms with Crippen molar-refractivity contribution in [1.29, 1.82) is 5.41 Å². The van der Waals surface area contributed by atoms with Gasteiger partial charge in [0.1, 0.15) is 12.4 Å². The van der Waals surface area contributed by atoms with Gasteiger partial charge in [0.15, 0.2) is 17.4 Å². The van der Waals surface area contributed by atoms with E-state index in [1.165, 1.54) is 18.2 Å². The Balaban J connectivity index is 1.65. The van der Waals surface area contributed by atoms with Crippen LogP contribution in [0.15, 0.2) is 71.9 Å². The predicted molar refractivity (Wildman–Crippen MR) is 138 cm³/mol. The van der Waals surface area contributed by atoms with Crippen LogP contribution in [0.2, 0.25) is 0 Å². The van der Waals surface area contributed by atoms with Crippen molar-refractivity contribution in [2.75, 3.05) is 6.26 Å². The van der Waals surface area contributed by atoms with E-state index >= 15 is 4.39 Å². The van der Waals surface area contributed by atoms with Crippen LogP contribution < -0.4 is 9.46 Å². The van der Waals surface area contributed by atoms with Crippen LogP contribution in [0, 0.1) is 27.4 Å². The highest BCUT2D eigenvalue weighted by molar-refractivity contribution is 7.88. The fourth-order valence-electron chi connectivity index (χ4n) is 4.96. The maximum atomic E-state index is 15.0. The lowest BCUT2D eigenvalue weighted by atomic mass is 9.78. The zero-order valence-corrected chi connectivity index (χ0v) is 21.0. The molecule has 0 spiro atoms. The Morgan fingerprint density at radius 3 is 2.51 bits per heavy atom. The van der Waals surface area contributed by atoms with E-state index in [1.54, 1.807) is 18.2 Å². The maximum Gasteiger partial charge on any atom is 0.208 e. The van der Waals surface area contributed by atoms with Crippen LogP contribution in [0.5, 0.6) is 5.75 Å². The number of halogens is 2. The zero-order chi connectivity index (χ0) is 26.6. The summed E-state index contributed by atoms with van der Waals surface area (Å²) in [6.45, 7) is 0.0933. The number of hydrogen-bond acceptors (Lipinski definition) is 5. The summed E-state index contributed by atoms with van der Waals surface area (Å²) in [6, 6.07) is 17.4. The number of nitrogens with zero attached hydrogens (tertiary/aromatic N) is 1. The van der Waals surface area contributed by atoms with Gasteiger partial charge in [-0.15, -0.1) is 4.91 Å². The predicted octanol–water partition coefficient (Wildman–Crippen LogP) is 5.59. The van der Waals surface area contributed by atoms with Crippen molar-refractivity contribution in [1.82, 2.24) is 4.72 Å². The van der Waals surface area contributed by atoms with Gasteiger partial charge in [-0.25, -0.2) is 21.9 Å². The number of rotatable bonds is 9. The second-order valence-corrected chi connectivity index (χ2v) is 11.2. The van der Waals surface area contributed by atoms with Gasteiger partial charge in [-0.05, 0) is 60.2 Å². The van der Waals surface area contributed by atoms with E-state index in [4.69, 9.17) is 10.1 Å². The molecule has 37 heavy (non-hydrogen) atoms. The standard InChI is InChI=1S/C27H27F2N3O4S/c1-37(34,35)32-20-12-13-27(16-20,26(30)31-33)15-19-10-11-23(28)22(14-19)21-8-5-9-24(29)25(21)36-17-18-6-3-2-4-7-18/h2-11,14,20,30,32H,12-13,15-17H2,1H3/t20-,27+/m0/s1. The number of nitroso groups, excluding NO2 is 1. The molecule has 3 aromatic carbocycles. The molecule has 0 aliphatic heterocycles. The summed E-state index contributed by atoms with van der Waals surface area (Å²) >= 11 is 0. The molecule has 1 aliphatic rings. The molecule has 10 heteroatoms. The fourth-order valence-corrected chi connectivity index (χ4v) is 5.77. The molecule has 1 saturated carbocycles. The first-order valence-corrected chi connectivity index (χ1v) is 13.6. The van der Waals surface area contributed by atoms with Crippen LogP contribution in [0.4, 0.5) is 8.78 Å². The van der Waals surface area contributed by atoms with Gasteiger partial charge in [0, 0.05) is 22.6 Å². The first-order valence-electron chi connectivity index (χ1n) is 11.7. The van der Waals surface area contributed by atoms with Crippen molar-refractivity contribution in [2.24, 2.45) is 10.6 Å². The summed E-state index contributed by atoms with van der Waals surface area (Å²) in [4.78, 5) is 11.4. The molecule has 7 nitrogen and oxygen atoms in total. The average molecular weight is 528 g/mol. The maximum absolute atomic E-state index is 15.0. The Kier molecular flexibility index (Phi) is 7.79. The van der Waals surface area contributed by atoms with Crippen LogP contribution in [0.1, 0.15) is 30.4 Å². The SMILES string of the molecule is CS(=O)(=O)N[C@H]1CC[C@](Cc2ccc(F)c(-c3cccc(F)c3OCc3ccccc3)c2)(C(=N)N=O)C1. The third-order valence-electron chi connectivity index (χ3n) is 6.64. The smallest absolute Gasteiger partial charge is 0.208 e. The van der Waals surface area contributed by atoms with Gasteiger partial charge < -0.3 is 4.74 Å². The second kappa shape index (κ2) is 10.9. The van der Waals surface area contributed by atoms with Gasteiger partial charge in [0.05, 0.1) is 6.26 Å². The van der Waals surface area contributed by atoms with E-state index in [1.807, 2.05) is 30.3 Å². The number of ether oxygens (including phenoxy) is 1. The molecule has 4 rings (SSSR count). The molecule has 2 atom stereocenters. The molecule has 0 radical (unpaired) electrons. The third-order valence-corrected chi connectivity index (χ3v) is 7.40. The molecule has 0 heterocycles. The molecular weight excluding hydrogens is 500 g/mol. The van der Waals surface area contributed by atoms with E-state index in [0.29, 0.717) is 18.4 Å². The third kappa shape index (κ3) is 6.26. The van der Waals surface area contributed by atoms with E-state index in [-0.39, 0.29) is 42.2 Å². The quantitative estimate of drug-likeness (QED) is 0.215. The van der Waals surface area contributed by atoms with Gasteiger partial charge in [-0.3, -0.25) is 5.41 Å². The number of sulfonamides is 1. The van der Waals surface area contributed by atoms with E-state index in [2.05, 4.69) is 9.90 Å². The summed E-state index contributed by atoms with van der Waals surface area (Å²) in [5, 5.41) is 11.1. The number of hydrogen-bond donors (Lipinski definition) is 2. The van der Waals surface area contributed by atoms with Crippen LogP contribution in [0.25, 0.3) is 11.1 Å². The fraction of sp³-hybridized carbons (Fsp3) is 0.296. The normalized spacial score (nSPS) is 19.5.